The van der Waals surface area contributed by atoms with E-state index >= 15 is 0 Å². The van der Waals surface area contributed by atoms with Crippen molar-refractivity contribution in [2.45, 2.75) is 25.5 Å². The lowest BCUT2D eigenvalue weighted by atomic mass is 10.0. The van der Waals surface area contributed by atoms with Crippen molar-refractivity contribution in [1.29, 1.82) is 0 Å². The Morgan fingerprint density at radius 3 is 2.85 bits per heavy atom. The molecule has 0 aliphatic carbocycles. The number of hydrogen-bond donors (Lipinski definition) is 2. The molecule has 3 nitrogen and oxygen atoms in total. The van der Waals surface area contributed by atoms with Gasteiger partial charge in [-0.25, -0.2) is 0 Å². The number of hydrogen-bond acceptors (Lipinski definition) is 4. The number of thiophene rings is 1. The van der Waals surface area contributed by atoms with E-state index in [4.69, 9.17) is 10.6 Å². The zero-order chi connectivity index (χ0) is 9.68. The normalized spacial score (nSPS) is 15.6. The first-order chi connectivity index (χ1) is 6.33. The number of nitrogens with one attached hydrogen (secondary N) is 1. The number of rotatable bonds is 5. The largest absolute Gasteiger partial charge is 0.379 e. The highest BCUT2D eigenvalue weighted by Crippen LogP contribution is 2.22. The molecular weight excluding hydrogens is 184 g/mol. The average molecular weight is 200 g/mol. The lowest BCUT2D eigenvalue weighted by Gasteiger charge is -2.23. The summed E-state index contributed by atoms with van der Waals surface area (Å²) in [5, 5.41) is 4.13. The molecule has 3 N–H and O–H groups in total. The number of hydrazine groups is 1. The molecule has 0 fully saturated rings. The predicted octanol–water partition coefficient (Wildman–Crippen LogP) is 1.68. The molecule has 0 spiro atoms. The smallest absolute Gasteiger partial charge is 0.0776 e. The van der Waals surface area contributed by atoms with E-state index in [1.165, 1.54) is 5.56 Å². The fourth-order valence-corrected chi connectivity index (χ4v) is 2.11. The molecule has 0 bridgehead atoms. The van der Waals surface area contributed by atoms with Gasteiger partial charge in [0.1, 0.15) is 0 Å². The quantitative estimate of drug-likeness (QED) is 0.561. The molecule has 1 heterocycles. The van der Waals surface area contributed by atoms with Crippen molar-refractivity contribution in [3.8, 4) is 0 Å². The molecule has 0 saturated carbocycles. The summed E-state index contributed by atoms with van der Waals surface area (Å²) in [6.07, 6.45) is 1.08. The van der Waals surface area contributed by atoms with Crippen LogP contribution in [-0.4, -0.2) is 13.2 Å². The van der Waals surface area contributed by atoms with E-state index < -0.39 is 0 Å². The predicted molar refractivity (Wildman–Crippen MR) is 55.5 cm³/mol. The topological polar surface area (TPSA) is 47.3 Å². The lowest BCUT2D eigenvalue weighted by Crippen LogP contribution is -2.37. The van der Waals surface area contributed by atoms with E-state index in [1.807, 2.05) is 5.38 Å². The van der Waals surface area contributed by atoms with Gasteiger partial charge in [-0.15, -0.1) is 0 Å². The van der Waals surface area contributed by atoms with Gasteiger partial charge < -0.3 is 4.74 Å². The second-order valence-electron chi connectivity index (χ2n) is 2.88. The molecule has 0 aromatic carbocycles. The van der Waals surface area contributed by atoms with Crippen LogP contribution in [0.15, 0.2) is 16.8 Å². The molecule has 0 saturated heterocycles. The molecule has 0 aliphatic rings. The molecule has 74 valence electrons. The Balaban J connectivity index is 2.72. The Kier molecular flexibility index (Phi) is 4.38. The van der Waals surface area contributed by atoms with Crippen LogP contribution < -0.4 is 11.3 Å². The van der Waals surface area contributed by atoms with Gasteiger partial charge in [0.2, 0.25) is 0 Å². The van der Waals surface area contributed by atoms with E-state index in [2.05, 4.69) is 23.8 Å². The minimum atomic E-state index is 0.0984. The molecule has 13 heavy (non-hydrogen) atoms. The highest BCUT2D eigenvalue weighted by molar-refractivity contribution is 7.07. The van der Waals surface area contributed by atoms with Gasteiger partial charge in [0, 0.05) is 7.11 Å². The fourth-order valence-electron chi connectivity index (χ4n) is 1.41. The van der Waals surface area contributed by atoms with Gasteiger partial charge in [-0.2, -0.15) is 11.3 Å². The number of methoxy groups -OCH3 is 1. The first kappa shape index (κ1) is 10.7. The third-order valence-corrected chi connectivity index (χ3v) is 2.86. The maximum Gasteiger partial charge on any atom is 0.0776 e. The van der Waals surface area contributed by atoms with E-state index in [1.54, 1.807) is 18.4 Å². The van der Waals surface area contributed by atoms with Crippen molar-refractivity contribution in [2.24, 2.45) is 5.84 Å². The lowest BCUT2D eigenvalue weighted by molar-refractivity contribution is 0.0652. The Hall–Kier alpha value is -0.420. The van der Waals surface area contributed by atoms with Crippen LogP contribution in [0.25, 0.3) is 0 Å². The summed E-state index contributed by atoms with van der Waals surface area (Å²) in [6.45, 7) is 2.09. The summed E-state index contributed by atoms with van der Waals surface area (Å²) < 4.78 is 5.34. The van der Waals surface area contributed by atoms with Crippen LogP contribution in [-0.2, 0) is 4.74 Å². The zero-order valence-corrected chi connectivity index (χ0v) is 8.80. The van der Waals surface area contributed by atoms with E-state index in [0.29, 0.717) is 0 Å². The van der Waals surface area contributed by atoms with Crippen LogP contribution in [0.3, 0.4) is 0 Å². The maximum absolute atomic E-state index is 5.49. The minimum Gasteiger partial charge on any atom is -0.379 e. The Morgan fingerprint density at radius 1 is 1.69 bits per heavy atom. The van der Waals surface area contributed by atoms with Crippen molar-refractivity contribution >= 4 is 11.3 Å². The standard InChI is InChI=1S/C9H16N2OS/c1-3-8(12-2)9(11-10)7-4-5-13-6-7/h4-6,8-9,11H,3,10H2,1-2H3. The summed E-state index contributed by atoms with van der Waals surface area (Å²) in [7, 11) is 1.71. The minimum absolute atomic E-state index is 0.0984. The SMILES string of the molecule is CCC(OC)C(NN)c1ccsc1. The van der Waals surface area contributed by atoms with Crippen molar-refractivity contribution in [3.05, 3.63) is 22.4 Å². The summed E-state index contributed by atoms with van der Waals surface area (Å²) in [6, 6.07) is 2.16. The molecule has 1 rings (SSSR count). The van der Waals surface area contributed by atoms with E-state index in [-0.39, 0.29) is 12.1 Å². The fraction of sp³-hybridized carbons (Fsp3) is 0.556. The molecule has 4 heteroatoms. The van der Waals surface area contributed by atoms with E-state index in [0.717, 1.165) is 6.42 Å². The van der Waals surface area contributed by atoms with Crippen LogP contribution >= 0.6 is 11.3 Å². The van der Waals surface area contributed by atoms with Crippen molar-refractivity contribution in [2.75, 3.05) is 7.11 Å². The highest BCUT2D eigenvalue weighted by Gasteiger charge is 2.20. The van der Waals surface area contributed by atoms with Crippen molar-refractivity contribution < 1.29 is 4.74 Å². The summed E-state index contributed by atoms with van der Waals surface area (Å²) in [4.78, 5) is 0. The Labute approximate surface area is 82.9 Å². The van der Waals surface area contributed by atoms with Gasteiger partial charge in [0.25, 0.3) is 0 Å². The molecule has 2 unspecified atom stereocenters. The summed E-state index contributed by atoms with van der Waals surface area (Å²) in [5.74, 6) is 5.49. The first-order valence-electron chi connectivity index (χ1n) is 4.34. The molecule has 0 amide bonds. The van der Waals surface area contributed by atoms with Crippen LogP contribution in [0.2, 0.25) is 0 Å². The second kappa shape index (κ2) is 5.34. The molecular formula is C9H16N2OS. The molecule has 1 aromatic rings. The van der Waals surface area contributed by atoms with Crippen LogP contribution in [0.4, 0.5) is 0 Å². The van der Waals surface area contributed by atoms with Gasteiger partial charge >= 0.3 is 0 Å². The average Bonchev–Trinajstić information content (AvgIpc) is 2.66. The number of nitrogens with two attached hydrogens (primary N) is 1. The van der Waals surface area contributed by atoms with Gasteiger partial charge in [-0.3, -0.25) is 11.3 Å². The molecule has 0 radical (unpaired) electrons. The Morgan fingerprint density at radius 2 is 2.46 bits per heavy atom. The second-order valence-corrected chi connectivity index (χ2v) is 3.66. The van der Waals surface area contributed by atoms with E-state index in [9.17, 15) is 0 Å². The maximum atomic E-state index is 5.49. The van der Waals surface area contributed by atoms with Crippen molar-refractivity contribution in [1.82, 2.24) is 5.43 Å². The highest BCUT2D eigenvalue weighted by atomic mass is 32.1. The van der Waals surface area contributed by atoms with Gasteiger partial charge in [-0.1, -0.05) is 6.92 Å². The molecule has 0 aliphatic heterocycles. The summed E-state index contributed by atoms with van der Waals surface area (Å²) >= 11 is 1.67. The number of ether oxygens (including phenoxy) is 1. The first-order valence-corrected chi connectivity index (χ1v) is 5.28. The zero-order valence-electron chi connectivity index (χ0n) is 7.99. The molecule has 1 aromatic heterocycles. The molecule has 2 atom stereocenters. The van der Waals surface area contributed by atoms with Gasteiger partial charge in [-0.05, 0) is 28.8 Å². The monoisotopic (exact) mass is 200 g/mol. The van der Waals surface area contributed by atoms with Crippen LogP contribution in [0.5, 0.6) is 0 Å². The van der Waals surface area contributed by atoms with Crippen LogP contribution in [0, 0.1) is 0 Å². The van der Waals surface area contributed by atoms with Crippen molar-refractivity contribution in [3.63, 3.8) is 0 Å². The Bertz CT molecular complexity index is 222. The third kappa shape index (κ3) is 2.51. The van der Waals surface area contributed by atoms with Gasteiger partial charge in [0.15, 0.2) is 0 Å². The van der Waals surface area contributed by atoms with Crippen LogP contribution in [0.1, 0.15) is 24.9 Å². The van der Waals surface area contributed by atoms with Gasteiger partial charge in [0.05, 0.1) is 12.1 Å². The third-order valence-electron chi connectivity index (χ3n) is 2.16. The summed E-state index contributed by atoms with van der Waals surface area (Å²) in [5.41, 5.74) is 3.98.